The number of amides is 2. The number of hydrogen-bond acceptors (Lipinski definition) is 5. The van der Waals surface area contributed by atoms with Crippen molar-refractivity contribution in [3.05, 3.63) is 65.2 Å². The highest BCUT2D eigenvalue weighted by Crippen LogP contribution is 2.39. The Morgan fingerprint density at radius 1 is 1.17 bits per heavy atom. The van der Waals surface area contributed by atoms with Crippen LogP contribution in [0.5, 0.6) is 0 Å². The molecule has 0 heterocycles. The van der Waals surface area contributed by atoms with Gasteiger partial charge >= 0.3 is 5.97 Å². The van der Waals surface area contributed by atoms with Gasteiger partial charge in [-0.05, 0) is 56.9 Å². The number of esters is 1. The second-order valence-corrected chi connectivity index (χ2v) is 7.58. The van der Waals surface area contributed by atoms with Crippen LogP contribution in [0.25, 0.3) is 0 Å². The monoisotopic (exact) mass is 405 g/mol. The SMILES string of the molecule is Cc1cccc(C(=O)Nc2ccccc2C(=O)OCC(=O)N[C@](C)(C#N)C2CC2)c1. The third kappa shape index (κ3) is 5.03. The zero-order valence-corrected chi connectivity index (χ0v) is 16.9. The Morgan fingerprint density at radius 3 is 2.57 bits per heavy atom. The average molecular weight is 405 g/mol. The lowest BCUT2D eigenvalue weighted by Crippen LogP contribution is -2.48. The first-order valence-corrected chi connectivity index (χ1v) is 9.69. The van der Waals surface area contributed by atoms with E-state index in [0.717, 1.165) is 18.4 Å². The first-order valence-electron chi connectivity index (χ1n) is 9.69. The molecule has 30 heavy (non-hydrogen) atoms. The Labute approximate surface area is 175 Å². The molecule has 0 aliphatic heterocycles. The van der Waals surface area contributed by atoms with E-state index < -0.39 is 24.0 Å². The van der Waals surface area contributed by atoms with Gasteiger partial charge in [0.25, 0.3) is 11.8 Å². The summed E-state index contributed by atoms with van der Waals surface area (Å²) in [5.41, 5.74) is 0.875. The smallest absolute Gasteiger partial charge is 0.340 e. The standard InChI is InChI=1S/C23H23N3O4/c1-15-6-5-7-16(12-15)21(28)25-19-9-4-3-8-18(19)22(29)30-13-20(27)26-23(2,14-24)17-10-11-17/h3-9,12,17H,10-11,13H2,1-2H3,(H,25,28)(H,26,27)/t23-/m1/s1. The van der Waals surface area contributed by atoms with E-state index in [9.17, 15) is 19.6 Å². The number of carbonyl (C=O) groups excluding carboxylic acids is 3. The quantitative estimate of drug-likeness (QED) is 0.688. The highest BCUT2D eigenvalue weighted by molar-refractivity contribution is 6.08. The molecule has 154 valence electrons. The molecule has 1 fully saturated rings. The number of nitrogens with one attached hydrogen (secondary N) is 2. The molecular formula is C23H23N3O4. The molecule has 7 nitrogen and oxygen atoms in total. The Morgan fingerprint density at radius 2 is 1.90 bits per heavy atom. The Balaban J connectivity index is 1.63. The molecular weight excluding hydrogens is 382 g/mol. The van der Waals surface area contributed by atoms with Crippen molar-refractivity contribution >= 4 is 23.5 Å². The topological polar surface area (TPSA) is 108 Å². The maximum Gasteiger partial charge on any atom is 0.340 e. The maximum atomic E-state index is 12.5. The van der Waals surface area contributed by atoms with E-state index in [4.69, 9.17) is 4.74 Å². The number of ether oxygens (including phenoxy) is 1. The molecule has 0 radical (unpaired) electrons. The Kier molecular flexibility index (Phi) is 6.17. The Hall–Kier alpha value is -3.66. The highest BCUT2D eigenvalue weighted by Gasteiger charge is 2.43. The van der Waals surface area contributed by atoms with E-state index in [1.54, 1.807) is 43.3 Å². The predicted octanol–water partition coefficient (Wildman–Crippen LogP) is 3.21. The number of benzene rings is 2. The van der Waals surface area contributed by atoms with Gasteiger partial charge in [0, 0.05) is 5.56 Å². The number of hydrogen-bond donors (Lipinski definition) is 2. The van der Waals surface area contributed by atoms with Crippen molar-refractivity contribution in [1.82, 2.24) is 5.32 Å². The van der Waals surface area contributed by atoms with Gasteiger partial charge in [0.1, 0.15) is 5.54 Å². The Bertz CT molecular complexity index is 1020. The van der Waals surface area contributed by atoms with Crippen LogP contribution in [0.2, 0.25) is 0 Å². The fourth-order valence-electron chi connectivity index (χ4n) is 3.17. The van der Waals surface area contributed by atoms with Gasteiger partial charge in [-0.15, -0.1) is 0 Å². The summed E-state index contributed by atoms with van der Waals surface area (Å²) in [4.78, 5) is 37.2. The molecule has 1 aliphatic rings. The van der Waals surface area contributed by atoms with Gasteiger partial charge < -0.3 is 15.4 Å². The van der Waals surface area contributed by atoms with Gasteiger partial charge in [-0.2, -0.15) is 5.26 Å². The van der Waals surface area contributed by atoms with Crippen molar-refractivity contribution in [1.29, 1.82) is 5.26 Å². The lowest BCUT2D eigenvalue weighted by molar-refractivity contribution is -0.125. The van der Waals surface area contributed by atoms with Crippen LogP contribution in [0.3, 0.4) is 0 Å². The zero-order valence-electron chi connectivity index (χ0n) is 16.9. The van der Waals surface area contributed by atoms with Crippen LogP contribution in [-0.2, 0) is 9.53 Å². The van der Waals surface area contributed by atoms with E-state index in [2.05, 4.69) is 16.7 Å². The molecule has 7 heteroatoms. The third-order valence-electron chi connectivity index (χ3n) is 5.03. The number of nitriles is 1. The maximum absolute atomic E-state index is 12.5. The van der Waals surface area contributed by atoms with E-state index in [-0.39, 0.29) is 23.1 Å². The summed E-state index contributed by atoms with van der Waals surface area (Å²) < 4.78 is 5.12. The van der Waals surface area contributed by atoms with Crippen molar-refractivity contribution in [3.8, 4) is 6.07 Å². The van der Waals surface area contributed by atoms with E-state index >= 15 is 0 Å². The summed E-state index contributed by atoms with van der Waals surface area (Å²) in [6, 6.07) is 15.6. The molecule has 2 amide bonds. The van der Waals surface area contributed by atoms with Crippen LogP contribution >= 0.6 is 0 Å². The van der Waals surface area contributed by atoms with Gasteiger partial charge in [-0.1, -0.05) is 29.8 Å². The summed E-state index contributed by atoms with van der Waals surface area (Å²) in [6.45, 7) is 3.04. The van der Waals surface area contributed by atoms with Gasteiger partial charge in [-0.3, -0.25) is 9.59 Å². The summed E-state index contributed by atoms with van der Waals surface area (Å²) in [5, 5.41) is 14.7. The van der Waals surface area contributed by atoms with Crippen molar-refractivity contribution in [3.63, 3.8) is 0 Å². The number of aryl methyl sites for hydroxylation is 1. The fourth-order valence-corrected chi connectivity index (χ4v) is 3.17. The number of anilines is 1. The largest absolute Gasteiger partial charge is 0.452 e. The molecule has 2 aromatic carbocycles. The summed E-state index contributed by atoms with van der Waals surface area (Å²) >= 11 is 0. The molecule has 0 aromatic heterocycles. The number of carbonyl (C=O) groups is 3. The van der Waals surface area contributed by atoms with Crippen molar-refractivity contribution in [2.75, 3.05) is 11.9 Å². The second kappa shape index (κ2) is 8.78. The van der Waals surface area contributed by atoms with Crippen molar-refractivity contribution in [2.24, 2.45) is 5.92 Å². The van der Waals surface area contributed by atoms with Crippen LogP contribution in [0, 0.1) is 24.2 Å². The van der Waals surface area contributed by atoms with Crippen LogP contribution in [-0.4, -0.2) is 29.9 Å². The summed E-state index contributed by atoms with van der Waals surface area (Å²) in [7, 11) is 0. The molecule has 0 saturated heterocycles. The summed E-state index contributed by atoms with van der Waals surface area (Å²) in [5.74, 6) is -1.51. The minimum atomic E-state index is -0.955. The first kappa shape index (κ1) is 21.1. The number of para-hydroxylation sites is 1. The number of nitrogens with zero attached hydrogens (tertiary/aromatic N) is 1. The molecule has 0 spiro atoms. The van der Waals surface area contributed by atoms with Crippen LogP contribution < -0.4 is 10.6 Å². The number of rotatable bonds is 7. The molecule has 1 atom stereocenters. The molecule has 3 rings (SSSR count). The predicted molar refractivity (Wildman–Crippen MR) is 111 cm³/mol. The highest BCUT2D eigenvalue weighted by atomic mass is 16.5. The van der Waals surface area contributed by atoms with E-state index in [1.165, 1.54) is 6.07 Å². The zero-order chi connectivity index (χ0) is 21.7. The lowest BCUT2D eigenvalue weighted by Gasteiger charge is -2.22. The molecule has 0 bridgehead atoms. The van der Waals surface area contributed by atoms with E-state index in [1.807, 2.05) is 13.0 Å². The van der Waals surface area contributed by atoms with Gasteiger partial charge in [0.15, 0.2) is 6.61 Å². The minimum Gasteiger partial charge on any atom is -0.452 e. The molecule has 1 aliphatic carbocycles. The van der Waals surface area contributed by atoms with Gasteiger partial charge in [0.2, 0.25) is 0 Å². The molecule has 2 N–H and O–H groups in total. The van der Waals surface area contributed by atoms with Gasteiger partial charge in [0.05, 0.1) is 17.3 Å². The molecule has 1 saturated carbocycles. The first-order chi connectivity index (χ1) is 14.3. The minimum absolute atomic E-state index is 0.125. The van der Waals surface area contributed by atoms with Crippen LogP contribution in [0.4, 0.5) is 5.69 Å². The lowest BCUT2D eigenvalue weighted by atomic mass is 9.98. The van der Waals surface area contributed by atoms with Crippen molar-refractivity contribution < 1.29 is 19.1 Å². The van der Waals surface area contributed by atoms with Crippen molar-refractivity contribution in [2.45, 2.75) is 32.2 Å². The van der Waals surface area contributed by atoms with Crippen LogP contribution in [0.1, 0.15) is 46.0 Å². The van der Waals surface area contributed by atoms with E-state index in [0.29, 0.717) is 5.56 Å². The fraction of sp³-hybridized carbons (Fsp3) is 0.304. The normalized spacial score (nSPS) is 14.7. The average Bonchev–Trinajstić information content (AvgIpc) is 3.58. The summed E-state index contributed by atoms with van der Waals surface area (Å²) in [6.07, 6.45) is 1.77. The van der Waals surface area contributed by atoms with Crippen LogP contribution in [0.15, 0.2) is 48.5 Å². The molecule has 2 aromatic rings. The molecule has 0 unspecified atom stereocenters. The third-order valence-corrected chi connectivity index (χ3v) is 5.03. The van der Waals surface area contributed by atoms with Gasteiger partial charge in [-0.25, -0.2) is 4.79 Å². The second-order valence-electron chi connectivity index (χ2n) is 7.58.